The maximum atomic E-state index is 14.9. The van der Waals surface area contributed by atoms with Gasteiger partial charge in [0, 0.05) is 17.5 Å². The summed E-state index contributed by atoms with van der Waals surface area (Å²) in [5, 5.41) is 0. The lowest BCUT2D eigenvalue weighted by atomic mass is 9.94. The highest BCUT2D eigenvalue weighted by molar-refractivity contribution is 5.49. The third-order valence-corrected chi connectivity index (χ3v) is 4.30. The number of benzene rings is 2. The molecule has 1 saturated carbocycles. The molecule has 1 aliphatic rings. The fourth-order valence-electron chi connectivity index (χ4n) is 2.76. The molecule has 0 unspecified atom stereocenters. The van der Waals surface area contributed by atoms with Crippen molar-refractivity contribution in [3.05, 3.63) is 59.4 Å². The molecule has 1 fully saturated rings. The van der Waals surface area contributed by atoms with Crippen molar-refractivity contribution in [2.45, 2.75) is 24.9 Å². The first kappa shape index (κ1) is 14.9. The van der Waals surface area contributed by atoms with Crippen molar-refractivity contribution in [1.29, 1.82) is 0 Å². The molecule has 116 valence electrons. The molecule has 2 aromatic rings. The average molecular weight is 301 g/mol. The van der Waals surface area contributed by atoms with E-state index < -0.39 is 0 Å². The first-order valence-electron chi connectivity index (χ1n) is 7.44. The van der Waals surface area contributed by atoms with Crippen LogP contribution in [0.5, 0.6) is 11.5 Å². The molecule has 1 aliphatic carbocycles. The molecule has 0 spiro atoms. The molecule has 3 nitrogen and oxygen atoms in total. The van der Waals surface area contributed by atoms with Crippen LogP contribution >= 0.6 is 0 Å². The lowest BCUT2D eigenvalue weighted by molar-refractivity contribution is 0.286. The summed E-state index contributed by atoms with van der Waals surface area (Å²) in [7, 11) is 1.55. The van der Waals surface area contributed by atoms with E-state index in [4.69, 9.17) is 15.2 Å². The van der Waals surface area contributed by atoms with Gasteiger partial charge < -0.3 is 15.2 Å². The summed E-state index contributed by atoms with van der Waals surface area (Å²) in [6, 6.07) is 13.1. The Bertz CT molecular complexity index is 654. The second-order valence-corrected chi connectivity index (χ2v) is 5.71. The maximum absolute atomic E-state index is 14.9. The Labute approximate surface area is 129 Å². The number of halogens is 1. The predicted molar refractivity (Wildman–Crippen MR) is 83.7 cm³/mol. The second kappa shape index (κ2) is 5.97. The van der Waals surface area contributed by atoms with Crippen molar-refractivity contribution in [1.82, 2.24) is 0 Å². The van der Waals surface area contributed by atoms with E-state index in [1.807, 2.05) is 30.3 Å². The Morgan fingerprint density at radius 1 is 1.09 bits per heavy atom. The number of ether oxygens (including phenoxy) is 2. The van der Waals surface area contributed by atoms with Crippen LogP contribution < -0.4 is 15.2 Å². The minimum Gasteiger partial charge on any atom is -0.496 e. The van der Waals surface area contributed by atoms with Gasteiger partial charge in [0.15, 0.2) is 11.6 Å². The quantitative estimate of drug-likeness (QED) is 0.889. The number of nitrogens with two attached hydrogens (primary N) is 1. The molecule has 4 heteroatoms. The Kier molecular flexibility index (Phi) is 4.03. The van der Waals surface area contributed by atoms with Crippen LogP contribution in [-0.4, -0.2) is 13.7 Å². The van der Waals surface area contributed by atoms with Crippen LogP contribution in [0, 0.1) is 5.82 Å². The third kappa shape index (κ3) is 2.66. The van der Waals surface area contributed by atoms with Crippen molar-refractivity contribution in [3.63, 3.8) is 0 Å². The standard InChI is InChI=1S/C18H20FNO2/c1-21-14-7-8-15(22-11-13-5-3-2-4-6-13)17(19)16(14)18(12-20)9-10-18/h2-8H,9-12,20H2,1H3. The summed E-state index contributed by atoms with van der Waals surface area (Å²) in [6.07, 6.45) is 1.78. The molecule has 0 saturated heterocycles. The molecule has 3 rings (SSSR count). The van der Waals surface area contributed by atoms with Crippen LogP contribution in [-0.2, 0) is 12.0 Å². The summed E-state index contributed by atoms with van der Waals surface area (Å²) in [5.41, 5.74) is 7.11. The predicted octanol–water partition coefficient (Wildman–Crippen LogP) is 3.40. The van der Waals surface area contributed by atoms with Gasteiger partial charge in [0.05, 0.1) is 7.11 Å². The van der Waals surface area contributed by atoms with Gasteiger partial charge in [0.25, 0.3) is 0 Å². The molecule has 2 N–H and O–H groups in total. The third-order valence-electron chi connectivity index (χ3n) is 4.30. The highest BCUT2D eigenvalue weighted by Gasteiger charge is 2.47. The van der Waals surface area contributed by atoms with Crippen LogP contribution in [0.25, 0.3) is 0 Å². The SMILES string of the molecule is COc1ccc(OCc2ccccc2)c(F)c1C1(CN)CC1. The van der Waals surface area contributed by atoms with E-state index in [1.165, 1.54) is 0 Å². The van der Waals surface area contributed by atoms with Gasteiger partial charge in [-0.15, -0.1) is 0 Å². The molecule has 0 radical (unpaired) electrons. The summed E-state index contributed by atoms with van der Waals surface area (Å²) in [5.74, 6) is 0.449. The highest BCUT2D eigenvalue weighted by atomic mass is 19.1. The van der Waals surface area contributed by atoms with Gasteiger partial charge in [-0.25, -0.2) is 4.39 Å². The van der Waals surface area contributed by atoms with E-state index in [0.29, 0.717) is 24.5 Å². The van der Waals surface area contributed by atoms with Gasteiger partial charge in [0.2, 0.25) is 0 Å². The minimum absolute atomic E-state index is 0.249. The highest BCUT2D eigenvalue weighted by Crippen LogP contribution is 2.52. The maximum Gasteiger partial charge on any atom is 0.172 e. The van der Waals surface area contributed by atoms with Gasteiger partial charge in [-0.2, -0.15) is 0 Å². The fourth-order valence-corrected chi connectivity index (χ4v) is 2.76. The van der Waals surface area contributed by atoms with Crippen LogP contribution in [0.1, 0.15) is 24.0 Å². The lowest BCUT2D eigenvalue weighted by Crippen LogP contribution is -2.22. The zero-order valence-corrected chi connectivity index (χ0v) is 12.6. The Morgan fingerprint density at radius 2 is 1.77 bits per heavy atom. The molecule has 0 bridgehead atoms. The van der Waals surface area contributed by atoms with E-state index in [0.717, 1.165) is 18.4 Å². The molecule has 0 aromatic heterocycles. The number of hydrogen-bond donors (Lipinski definition) is 1. The van der Waals surface area contributed by atoms with Gasteiger partial charge >= 0.3 is 0 Å². The summed E-state index contributed by atoms with van der Waals surface area (Å²) in [4.78, 5) is 0. The van der Waals surface area contributed by atoms with E-state index >= 15 is 0 Å². The van der Waals surface area contributed by atoms with Crippen molar-refractivity contribution in [3.8, 4) is 11.5 Å². The Hall–Kier alpha value is -2.07. The van der Waals surface area contributed by atoms with Gasteiger partial charge in [0.1, 0.15) is 12.4 Å². The number of methoxy groups -OCH3 is 1. The summed E-state index contributed by atoms with van der Waals surface area (Å²) >= 11 is 0. The fraction of sp³-hybridized carbons (Fsp3) is 0.333. The molecule has 0 atom stereocenters. The monoisotopic (exact) mass is 301 g/mol. The topological polar surface area (TPSA) is 44.5 Å². The second-order valence-electron chi connectivity index (χ2n) is 5.71. The first-order valence-corrected chi connectivity index (χ1v) is 7.44. The normalized spacial score (nSPS) is 15.4. The molecule has 0 aliphatic heterocycles. The molecule has 2 aromatic carbocycles. The minimum atomic E-state index is -0.349. The average Bonchev–Trinajstić information content (AvgIpc) is 3.35. The zero-order chi connectivity index (χ0) is 15.6. The Balaban J connectivity index is 1.88. The van der Waals surface area contributed by atoms with Crippen molar-refractivity contribution in [2.75, 3.05) is 13.7 Å². The van der Waals surface area contributed by atoms with Gasteiger partial charge in [-0.1, -0.05) is 30.3 Å². The van der Waals surface area contributed by atoms with E-state index in [-0.39, 0.29) is 17.0 Å². The zero-order valence-electron chi connectivity index (χ0n) is 12.6. The van der Waals surface area contributed by atoms with E-state index in [9.17, 15) is 4.39 Å². The van der Waals surface area contributed by atoms with Crippen LogP contribution in [0.4, 0.5) is 4.39 Å². The van der Waals surface area contributed by atoms with E-state index in [2.05, 4.69) is 0 Å². The summed E-state index contributed by atoms with van der Waals surface area (Å²) in [6.45, 7) is 0.752. The molecule has 0 heterocycles. The van der Waals surface area contributed by atoms with Crippen LogP contribution in [0.2, 0.25) is 0 Å². The van der Waals surface area contributed by atoms with Crippen molar-refractivity contribution in [2.24, 2.45) is 5.73 Å². The van der Waals surface area contributed by atoms with Crippen molar-refractivity contribution >= 4 is 0 Å². The number of hydrogen-bond acceptors (Lipinski definition) is 3. The Morgan fingerprint density at radius 3 is 2.36 bits per heavy atom. The van der Waals surface area contributed by atoms with Crippen molar-refractivity contribution < 1.29 is 13.9 Å². The lowest BCUT2D eigenvalue weighted by Gasteiger charge is -2.20. The van der Waals surface area contributed by atoms with E-state index in [1.54, 1.807) is 19.2 Å². The molecule has 0 amide bonds. The summed E-state index contributed by atoms with van der Waals surface area (Å²) < 4.78 is 25.9. The van der Waals surface area contributed by atoms with Crippen LogP contribution in [0.3, 0.4) is 0 Å². The first-order chi connectivity index (χ1) is 10.7. The smallest absolute Gasteiger partial charge is 0.172 e. The largest absolute Gasteiger partial charge is 0.496 e. The van der Waals surface area contributed by atoms with Crippen LogP contribution in [0.15, 0.2) is 42.5 Å². The molecule has 22 heavy (non-hydrogen) atoms. The molecular weight excluding hydrogens is 281 g/mol. The molecular formula is C18H20FNO2. The van der Waals surface area contributed by atoms with Gasteiger partial charge in [-0.3, -0.25) is 0 Å². The van der Waals surface area contributed by atoms with Gasteiger partial charge in [-0.05, 0) is 30.5 Å². The number of rotatable bonds is 6.